The number of hydrogen-bond donors (Lipinski definition) is 2. The van der Waals surface area contributed by atoms with Gasteiger partial charge in [-0.3, -0.25) is 4.79 Å². The average molecular weight is 278 g/mol. The van der Waals surface area contributed by atoms with Gasteiger partial charge < -0.3 is 15.8 Å². The number of hydrogen-bond acceptors (Lipinski definition) is 5. The van der Waals surface area contributed by atoms with Crippen LogP contribution in [0.25, 0.3) is 0 Å². The zero-order valence-corrected chi connectivity index (χ0v) is 12.1. The van der Waals surface area contributed by atoms with Crippen molar-refractivity contribution in [2.75, 3.05) is 25.5 Å². The number of nitrogen functional groups attached to an aromatic ring is 1. The lowest BCUT2D eigenvalue weighted by atomic mass is 10.1. The highest BCUT2D eigenvalue weighted by Crippen LogP contribution is 2.16. The van der Waals surface area contributed by atoms with Gasteiger partial charge in [0.2, 0.25) is 0 Å². The first kappa shape index (κ1) is 14.7. The van der Waals surface area contributed by atoms with Crippen molar-refractivity contribution in [2.24, 2.45) is 5.92 Å². The molecule has 0 bridgehead atoms. The van der Waals surface area contributed by atoms with E-state index in [-0.39, 0.29) is 17.5 Å². The Morgan fingerprint density at radius 1 is 1.60 bits per heavy atom. The standard InChI is InChI=1S/C14H22N4O2/c1-9(2)13-17-7-11(15)12(18-13)14(19)16-5-3-10-4-6-20-8-10/h7,9-10H,3-6,8,15H2,1-2H3,(H,16,19). The molecule has 6 heteroatoms. The molecule has 1 saturated heterocycles. The van der Waals surface area contributed by atoms with Crippen LogP contribution in [0.1, 0.15) is 48.9 Å². The highest BCUT2D eigenvalue weighted by molar-refractivity contribution is 5.96. The number of aromatic nitrogens is 2. The van der Waals surface area contributed by atoms with Crippen molar-refractivity contribution in [1.29, 1.82) is 0 Å². The minimum atomic E-state index is -0.231. The first-order valence-electron chi connectivity index (χ1n) is 7.06. The van der Waals surface area contributed by atoms with Crippen molar-refractivity contribution in [1.82, 2.24) is 15.3 Å². The van der Waals surface area contributed by atoms with E-state index in [0.29, 0.717) is 24.0 Å². The summed E-state index contributed by atoms with van der Waals surface area (Å²) in [7, 11) is 0. The summed E-state index contributed by atoms with van der Waals surface area (Å²) in [4.78, 5) is 20.5. The van der Waals surface area contributed by atoms with Crippen LogP contribution in [-0.2, 0) is 4.74 Å². The Morgan fingerprint density at radius 3 is 3.05 bits per heavy atom. The first-order chi connectivity index (χ1) is 9.58. The van der Waals surface area contributed by atoms with Crippen LogP contribution in [0.3, 0.4) is 0 Å². The Bertz CT molecular complexity index is 470. The van der Waals surface area contributed by atoms with Crippen LogP contribution in [0.2, 0.25) is 0 Å². The highest BCUT2D eigenvalue weighted by atomic mass is 16.5. The van der Waals surface area contributed by atoms with Crippen molar-refractivity contribution in [3.8, 4) is 0 Å². The Labute approximate surface area is 119 Å². The van der Waals surface area contributed by atoms with E-state index >= 15 is 0 Å². The number of nitrogens with two attached hydrogens (primary N) is 1. The minimum Gasteiger partial charge on any atom is -0.396 e. The van der Waals surface area contributed by atoms with E-state index in [0.717, 1.165) is 26.1 Å². The van der Waals surface area contributed by atoms with Gasteiger partial charge in [-0.1, -0.05) is 13.8 Å². The molecule has 3 N–H and O–H groups in total. The molecule has 0 aromatic carbocycles. The fourth-order valence-corrected chi connectivity index (χ4v) is 2.15. The summed E-state index contributed by atoms with van der Waals surface area (Å²) in [5.41, 5.74) is 6.36. The largest absolute Gasteiger partial charge is 0.396 e. The molecule has 6 nitrogen and oxygen atoms in total. The van der Waals surface area contributed by atoms with Gasteiger partial charge in [-0.15, -0.1) is 0 Å². The zero-order valence-electron chi connectivity index (χ0n) is 12.1. The van der Waals surface area contributed by atoms with E-state index in [2.05, 4.69) is 15.3 Å². The number of anilines is 1. The second kappa shape index (κ2) is 6.65. The normalized spacial score (nSPS) is 18.4. The maximum Gasteiger partial charge on any atom is 0.272 e. The molecular weight excluding hydrogens is 256 g/mol. The van der Waals surface area contributed by atoms with Crippen molar-refractivity contribution in [3.63, 3.8) is 0 Å². The van der Waals surface area contributed by atoms with Crippen LogP contribution in [-0.4, -0.2) is 35.6 Å². The summed E-state index contributed by atoms with van der Waals surface area (Å²) in [5.74, 6) is 1.11. The second-order valence-corrected chi connectivity index (χ2v) is 5.46. The van der Waals surface area contributed by atoms with Crippen molar-refractivity contribution in [2.45, 2.75) is 32.6 Å². The quantitative estimate of drug-likeness (QED) is 0.848. The molecule has 2 heterocycles. The molecule has 20 heavy (non-hydrogen) atoms. The molecule has 0 radical (unpaired) electrons. The van der Waals surface area contributed by atoms with Crippen LogP contribution in [0.4, 0.5) is 5.69 Å². The van der Waals surface area contributed by atoms with Gasteiger partial charge >= 0.3 is 0 Å². The highest BCUT2D eigenvalue weighted by Gasteiger charge is 2.17. The van der Waals surface area contributed by atoms with Crippen molar-refractivity contribution in [3.05, 3.63) is 17.7 Å². The molecular formula is C14H22N4O2. The molecule has 1 aliphatic heterocycles. The maximum atomic E-state index is 12.1. The minimum absolute atomic E-state index is 0.165. The zero-order chi connectivity index (χ0) is 14.5. The lowest BCUT2D eigenvalue weighted by molar-refractivity contribution is 0.0946. The molecule has 2 rings (SSSR count). The smallest absolute Gasteiger partial charge is 0.272 e. The Balaban J connectivity index is 1.92. The Kier molecular flexibility index (Phi) is 4.89. The Morgan fingerprint density at radius 2 is 2.40 bits per heavy atom. The van der Waals surface area contributed by atoms with Crippen LogP contribution < -0.4 is 11.1 Å². The summed E-state index contributed by atoms with van der Waals surface area (Å²) in [6.07, 6.45) is 3.50. The van der Waals surface area contributed by atoms with Crippen molar-refractivity contribution >= 4 is 11.6 Å². The number of nitrogens with zero attached hydrogens (tertiary/aromatic N) is 2. The molecule has 1 unspecified atom stereocenters. The van der Waals surface area contributed by atoms with Gasteiger partial charge in [0.25, 0.3) is 5.91 Å². The first-order valence-corrected chi connectivity index (χ1v) is 7.06. The molecule has 0 saturated carbocycles. The maximum absolute atomic E-state index is 12.1. The molecule has 1 aromatic rings. The second-order valence-electron chi connectivity index (χ2n) is 5.46. The van der Waals surface area contributed by atoms with Gasteiger partial charge in [-0.25, -0.2) is 9.97 Å². The molecule has 1 aliphatic rings. The van der Waals surface area contributed by atoms with E-state index in [1.165, 1.54) is 6.20 Å². The molecule has 1 fully saturated rings. The number of rotatable bonds is 5. The summed E-state index contributed by atoms with van der Waals surface area (Å²) >= 11 is 0. The van der Waals surface area contributed by atoms with Gasteiger partial charge in [-0.2, -0.15) is 0 Å². The van der Waals surface area contributed by atoms with Crippen LogP contribution >= 0.6 is 0 Å². The number of nitrogens with one attached hydrogen (secondary N) is 1. The van der Waals surface area contributed by atoms with Gasteiger partial charge in [0.15, 0.2) is 5.69 Å². The lowest BCUT2D eigenvalue weighted by Crippen LogP contribution is -2.28. The fraction of sp³-hybridized carbons (Fsp3) is 0.643. The van der Waals surface area contributed by atoms with Crippen molar-refractivity contribution < 1.29 is 9.53 Å². The Hall–Kier alpha value is -1.69. The lowest BCUT2D eigenvalue weighted by Gasteiger charge is -2.11. The van der Waals surface area contributed by atoms with Crippen LogP contribution in [0.15, 0.2) is 6.20 Å². The predicted octanol–water partition coefficient (Wildman–Crippen LogP) is 1.34. The topological polar surface area (TPSA) is 90.1 Å². The van der Waals surface area contributed by atoms with E-state index in [4.69, 9.17) is 10.5 Å². The third-order valence-corrected chi connectivity index (χ3v) is 3.43. The van der Waals surface area contributed by atoms with Gasteiger partial charge in [0.05, 0.1) is 11.9 Å². The van der Waals surface area contributed by atoms with E-state index in [1.807, 2.05) is 13.8 Å². The molecule has 1 atom stereocenters. The summed E-state index contributed by atoms with van der Waals surface area (Å²) in [5, 5.41) is 2.87. The third kappa shape index (κ3) is 3.66. The van der Waals surface area contributed by atoms with E-state index in [9.17, 15) is 4.79 Å². The number of ether oxygens (including phenoxy) is 1. The number of carbonyl (C=O) groups is 1. The monoisotopic (exact) mass is 278 g/mol. The molecule has 110 valence electrons. The molecule has 1 aromatic heterocycles. The summed E-state index contributed by atoms with van der Waals surface area (Å²) in [6, 6.07) is 0. The molecule has 0 aliphatic carbocycles. The summed E-state index contributed by atoms with van der Waals surface area (Å²) in [6.45, 7) is 6.20. The fourth-order valence-electron chi connectivity index (χ4n) is 2.15. The third-order valence-electron chi connectivity index (χ3n) is 3.43. The number of carbonyl (C=O) groups excluding carboxylic acids is 1. The van der Waals surface area contributed by atoms with Crippen LogP contribution in [0, 0.1) is 5.92 Å². The van der Waals surface area contributed by atoms with Crippen LogP contribution in [0.5, 0.6) is 0 Å². The summed E-state index contributed by atoms with van der Waals surface area (Å²) < 4.78 is 5.31. The predicted molar refractivity (Wildman–Crippen MR) is 76.4 cm³/mol. The SMILES string of the molecule is CC(C)c1ncc(N)c(C(=O)NCCC2CCOC2)n1. The molecule has 1 amide bonds. The van der Waals surface area contributed by atoms with Gasteiger partial charge in [0.1, 0.15) is 5.82 Å². The van der Waals surface area contributed by atoms with Gasteiger partial charge in [-0.05, 0) is 18.8 Å². The van der Waals surface area contributed by atoms with Gasteiger partial charge in [0, 0.05) is 25.7 Å². The average Bonchev–Trinajstić information content (AvgIpc) is 2.92. The molecule has 0 spiro atoms. The number of amides is 1. The van der Waals surface area contributed by atoms with E-state index < -0.39 is 0 Å². The van der Waals surface area contributed by atoms with E-state index in [1.54, 1.807) is 0 Å².